The molecule has 1 rings (SSSR count). The van der Waals surface area contributed by atoms with Crippen LogP contribution in [0.1, 0.15) is 5.56 Å². The van der Waals surface area contributed by atoms with Crippen LogP contribution in [0, 0.1) is 17.1 Å². The number of quaternary nitrogens is 1. The molecule has 0 unspecified atom stereocenters. The standard InChI is InChI=1S/C14H16FN3O/c1-18(2)8-7-17-14(19)12(10-16)9-11-3-5-13(15)6-4-11/h3-6,9H,7-8H2,1-2H3,(H,17,19)/p+1. The van der Waals surface area contributed by atoms with Gasteiger partial charge in [0.05, 0.1) is 27.2 Å². The smallest absolute Gasteiger partial charge is 0.262 e. The number of amides is 1. The first-order valence-electron chi connectivity index (χ1n) is 5.97. The summed E-state index contributed by atoms with van der Waals surface area (Å²) in [4.78, 5) is 13.0. The zero-order chi connectivity index (χ0) is 14.3. The van der Waals surface area contributed by atoms with Crippen LogP contribution < -0.4 is 10.2 Å². The Labute approximate surface area is 112 Å². The largest absolute Gasteiger partial charge is 0.346 e. The highest BCUT2D eigenvalue weighted by Crippen LogP contribution is 2.08. The van der Waals surface area contributed by atoms with Gasteiger partial charge in [0, 0.05) is 0 Å². The van der Waals surface area contributed by atoms with Crippen molar-refractivity contribution in [2.45, 2.75) is 0 Å². The molecule has 5 heteroatoms. The van der Waals surface area contributed by atoms with Crippen molar-refractivity contribution in [1.82, 2.24) is 5.32 Å². The molecule has 1 amide bonds. The van der Waals surface area contributed by atoms with Crippen molar-refractivity contribution >= 4 is 12.0 Å². The monoisotopic (exact) mass is 262 g/mol. The quantitative estimate of drug-likeness (QED) is 0.579. The van der Waals surface area contributed by atoms with E-state index in [1.54, 1.807) is 0 Å². The van der Waals surface area contributed by atoms with Gasteiger partial charge in [0.2, 0.25) is 0 Å². The van der Waals surface area contributed by atoms with Crippen LogP contribution in [-0.2, 0) is 4.79 Å². The van der Waals surface area contributed by atoms with Gasteiger partial charge in [0.15, 0.2) is 0 Å². The van der Waals surface area contributed by atoms with Gasteiger partial charge in [-0.3, -0.25) is 4.79 Å². The number of hydrogen-bond acceptors (Lipinski definition) is 2. The molecule has 0 fully saturated rings. The number of nitrogens with one attached hydrogen (secondary N) is 2. The van der Waals surface area contributed by atoms with Crippen LogP contribution in [0.25, 0.3) is 6.08 Å². The Morgan fingerprint density at radius 2 is 2.05 bits per heavy atom. The zero-order valence-corrected chi connectivity index (χ0v) is 11.0. The van der Waals surface area contributed by atoms with Crippen LogP contribution in [0.5, 0.6) is 0 Å². The molecule has 0 atom stereocenters. The van der Waals surface area contributed by atoms with E-state index in [0.29, 0.717) is 12.1 Å². The number of nitriles is 1. The fourth-order valence-electron chi connectivity index (χ4n) is 1.40. The molecule has 0 saturated carbocycles. The highest BCUT2D eigenvalue weighted by molar-refractivity contribution is 6.01. The van der Waals surface area contributed by atoms with E-state index in [0.717, 1.165) is 6.54 Å². The summed E-state index contributed by atoms with van der Waals surface area (Å²) >= 11 is 0. The third-order valence-corrected chi connectivity index (χ3v) is 2.46. The average Bonchev–Trinajstić information content (AvgIpc) is 2.37. The Hall–Kier alpha value is -2.19. The number of rotatable bonds is 5. The van der Waals surface area contributed by atoms with Crippen molar-refractivity contribution in [2.75, 3.05) is 27.2 Å². The van der Waals surface area contributed by atoms with Crippen LogP contribution in [0.4, 0.5) is 4.39 Å². The van der Waals surface area contributed by atoms with Crippen LogP contribution in [0.2, 0.25) is 0 Å². The molecule has 100 valence electrons. The van der Waals surface area contributed by atoms with Gasteiger partial charge in [-0.1, -0.05) is 12.1 Å². The van der Waals surface area contributed by atoms with E-state index in [2.05, 4.69) is 5.32 Å². The molecule has 0 bridgehead atoms. The van der Waals surface area contributed by atoms with E-state index in [-0.39, 0.29) is 11.4 Å². The fourth-order valence-corrected chi connectivity index (χ4v) is 1.40. The van der Waals surface area contributed by atoms with Gasteiger partial charge in [-0.25, -0.2) is 4.39 Å². The van der Waals surface area contributed by atoms with Crippen LogP contribution in [0.15, 0.2) is 29.8 Å². The Balaban J connectivity index is 2.69. The average molecular weight is 262 g/mol. The molecule has 0 aliphatic carbocycles. The second-order valence-corrected chi connectivity index (χ2v) is 4.43. The number of benzene rings is 1. The van der Waals surface area contributed by atoms with Crippen molar-refractivity contribution < 1.29 is 14.1 Å². The van der Waals surface area contributed by atoms with Crippen molar-refractivity contribution in [3.05, 3.63) is 41.2 Å². The van der Waals surface area contributed by atoms with Gasteiger partial charge in [0.1, 0.15) is 17.5 Å². The predicted molar refractivity (Wildman–Crippen MR) is 70.7 cm³/mol. The minimum absolute atomic E-state index is 0.0142. The van der Waals surface area contributed by atoms with Crippen molar-refractivity contribution in [1.29, 1.82) is 5.26 Å². The second kappa shape index (κ2) is 7.29. The molecule has 1 aromatic rings. The summed E-state index contributed by atoms with van der Waals surface area (Å²) in [6, 6.07) is 7.46. The van der Waals surface area contributed by atoms with E-state index >= 15 is 0 Å². The summed E-state index contributed by atoms with van der Waals surface area (Å²) in [5, 5.41) is 11.6. The number of carbonyl (C=O) groups excluding carboxylic acids is 1. The number of likely N-dealkylation sites (N-methyl/N-ethyl adjacent to an activating group) is 1. The maximum Gasteiger partial charge on any atom is 0.262 e. The molecule has 0 aromatic heterocycles. The normalized spacial score (nSPS) is 11.2. The second-order valence-electron chi connectivity index (χ2n) is 4.43. The third kappa shape index (κ3) is 5.32. The van der Waals surface area contributed by atoms with Crippen LogP contribution >= 0.6 is 0 Å². The number of nitrogens with zero attached hydrogens (tertiary/aromatic N) is 1. The third-order valence-electron chi connectivity index (χ3n) is 2.46. The van der Waals surface area contributed by atoms with E-state index < -0.39 is 5.91 Å². The summed E-state index contributed by atoms with van der Waals surface area (Å²) in [5.41, 5.74) is 0.631. The van der Waals surface area contributed by atoms with Crippen molar-refractivity contribution in [3.8, 4) is 6.07 Å². The maximum atomic E-state index is 12.7. The van der Waals surface area contributed by atoms with Gasteiger partial charge < -0.3 is 10.2 Å². The van der Waals surface area contributed by atoms with Gasteiger partial charge in [-0.2, -0.15) is 5.26 Å². The van der Waals surface area contributed by atoms with Gasteiger partial charge >= 0.3 is 0 Å². The Kier molecular flexibility index (Phi) is 5.71. The summed E-state index contributed by atoms with van der Waals surface area (Å²) in [6.45, 7) is 1.28. The lowest BCUT2D eigenvalue weighted by Gasteiger charge is -2.07. The van der Waals surface area contributed by atoms with Crippen LogP contribution in [-0.4, -0.2) is 33.1 Å². The van der Waals surface area contributed by atoms with Gasteiger partial charge in [-0.15, -0.1) is 0 Å². The minimum Gasteiger partial charge on any atom is -0.346 e. The van der Waals surface area contributed by atoms with E-state index in [4.69, 9.17) is 5.26 Å². The van der Waals surface area contributed by atoms with Gasteiger partial charge in [-0.05, 0) is 23.8 Å². The molecule has 19 heavy (non-hydrogen) atoms. The maximum absolute atomic E-state index is 12.7. The summed E-state index contributed by atoms with van der Waals surface area (Å²) in [6.07, 6.45) is 1.44. The first-order chi connectivity index (χ1) is 9.02. The number of halogens is 1. The Morgan fingerprint density at radius 3 is 2.58 bits per heavy atom. The molecule has 1 aromatic carbocycles. The van der Waals surface area contributed by atoms with E-state index in [9.17, 15) is 9.18 Å². The minimum atomic E-state index is -0.409. The van der Waals surface area contributed by atoms with Crippen LogP contribution in [0.3, 0.4) is 0 Å². The fraction of sp³-hybridized carbons (Fsp3) is 0.286. The first kappa shape index (κ1) is 14.9. The molecule has 0 aliphatic heterocycles. The predicted octanol–water partition coefficient (Wildman–Crippen LogP) is -0.00662. The van der Waals surface area contributed by atoms with Gasteiger partial charge in [0.25, 0.3) is 5.91 Å². The molecule has 0 saturated heterocycles. The van der Waals surface area contributed by atoms with E-state index in [1.807, 2.05) is 20.2 Å². The number of hydrogen-bond donors (Lipinski definition) is 2. The lowest BCUT2D eigenvalue weighted by Crippen LogP contribution is -3.06. The number of carbonyl (C=O) groups is 1. The Bertz CT molecular complexity index is 500. The SMILES string of the molecule is C[NH+](C)CCNC(=O)C(C#N)=Cc1ccc(F)cc1. The Morgan fingerprint density at radius 1 is 1.42 bits per heavy atom. The highest BCUT2D eigenvalue weighted by Gasteiger charge is 2.08. The molecule has 2 N–H and O–H groups in total. The van der Waals surface area contributed by atoms with Crippen molar-refractivity contribution in [2.24, 2.45) is 0 Å². The van der Waals surface area contributed by atoms with Crippen molar-refractivity contribution in [3.63, 3.8) is 0 Å². The lowest BCUT2D eigenvalue weighted by atomic mass is 10.1. The molecule has 4 nitrogen and oxygen atoms in total. The highest BCUT2D eigenvalue weighted by atomic mass is 19.1. The lowest BCUT2D eigenvalue weighted by molar-refractivity contribution is -0.856. The molecule has 0 spiro atoms. The summed E-state index contributed by atoms with van der Waals surface area (Å²) in [5.74, 6) is -0.762. The summed E-state index contributed by atoms with van der Waals surface area (Å²) in [7, 11) is 3.96. The molecular formula is C14H17FN3O+. The molecular weight excluding hydrogens is 245 g/mol. The first-order valence-corrected chi connectivity index (χ1v) is 5.97. The molecule has 0 radical (unpaired) electrons. The molecule has 0 aliphatic rings. The van der Waals surface area contributed by atoms with E-state index in [1.165, 1.54) is 35.2 Å². The molecule has 0 heterocycles. The zero-order valence-electron chi connectivity index (χ0n) is 11.0. The summed E-state index contributed by atoms with van der Waals surface area (Å²) < 4.78 is 12.7. The topological polar surface area (TPSA) is 57.3 Å².